The number of alkyl halides is 12. The highest BCUT2D eigenvalue weighted by molar-refractivity contribution is 8.16. The number of carbonyl (C=O) groups excluding carboxylic acids is 5. The number of nitrogens with zero attached hydrogens (tertiary/aromatic N) is 10. The summed E-state index contributed by atoms with van der Waals surface area (Å²) in [5, 5.41) is 30.3. The average molecular weight is 2170 g/mol. The van der Waals surface area contributed by atoms with Crippen molar-refractivity contribution in [2.75, 3.05) is 32.7 Å². The molecule has 790 valence electrons. The summed E-state index contributed by atoms with van der Waals surface area (Å²) in [6.07, 6.45) is -7.07. The van der Waals surface area contributed by atoms with Gasteiger partial charge in [-0.2, -0.15) is 78.2 Å². The van der Waals surface area contributed by atoms with Gasteiger partial charge in [-0.25, -0.2) is 42.6 Å². The number of hydrogen-bond acceptors (Lipinski definition) is 20. The Kier molecular flexibility index (Phi) is 33.2. The first-order chi connectivity index (χ1) is 71.4. The number of benzene rings is 10. The second-order valence-electron chi connectivity index (χ2n) is 37.7. The van der Waals surface area contributed by atoms with Crippen molar-refractivity contribution in [1.29, 1.82) is 0 Å². The van der Waals surface area contributed by atoms with Crippen LogP contribution in [-0.4, -0.2) is 113 Å². The van der Waals surface area contributed by atoms with Gasteiger partial charge in [0, 0.05) is 62.4 Å². The predicted molar refractivity (Wildman–Crippen MR) is 553 cm³/mol. The SMILES string of the molecule is CC(=O)N1N=C(c2cc(C(F)(F)F)ccc2F)S[C@@]12c1ccccc1CC[C@@H]2CCN.CC(=O)N1N=C(c2cc(C(F)(F)F)ccc2F)S[C@@]12c1ccccc1CC[C@H]2CCN.CC(=O)N1N=C(c2cc(C(F)(F)F)ccc2F)S[C@]12c1ccccc1CC[C@@H]2CCN.CC(=O)N1N=C(c2cc(C(F)(F)F)ccc2F)S[C@]12c1ccccc1CC[C@H]2CCN.CC(=O)N1N=C(c2ccccc2)S[C@@]12c1ccccc1CC[C@H]2CCN. The van der Waals surface area contributed by atoms with Crippen molar-refractivity contribution >= 4 is 114 Å². The van der Waals surface area contributed by atoms with Gasteiger partial charge < -0.3 is 28.7 Å². The summed E-state index contributed by atoms with van der Waals surface area (Å²) in [4.78, 5) is 58.9. The zero-order valence-corrected chi connectivity index (χ0v) is 86.0. The van der Waals surface area contributed by atoms with Crippen LogP contribution in [0.1, 0.15) is 205 Å². The quantitative estimate of drug-likeness (QED) is 0.0596. The molecule has 0 fully saturated rings. The summed E-state index contributed by atoms with van der Waals surface area (Å²) in [5.41, 5.74) is 35.6. The van der Waals surface area contributed by atoms with Crippen LogP contribution in [0, 0.1) is 52.9 Å². The lowest BCUT2D eigenvalue weighted by molar-refractivity contribution is -0.138. The van der Waals surface area contributed by atoms with E-state index in [1.165, 1.54) is 58.9 Å². The Morgan fingerprint density at radius 2 is 0.453 bits per heavy atom. The minimum absolute atomic E-state index is 0.0258. The lowest BCUT2D eigenvalue weighted by atomic mass is 9.77. The van der Waals surface area contributed by atoms with Crippen molar-refractivity contribution in [2.45, 2.75) is 180 Å². The lowest BCUT2D eigenvalue weighted by Crippen LogP contribution is -2.49. The minimum Gasteiger partial charge on any atom is -0.330 e. The van der Waals surface area contributed by atoms with E-state index in [1.807, 2.05) is 115 Å². The number of rotatable bonds is 15. The van der Waals surface area contributed by atoms with Gasteiger partial charge in [0.05, 0.1) is 22.3 Å². The highest BCUT2D eigenvalue weighted by Gasteiger charge is 2.62. The molecule has 0 radical (unpaired) electrons. The molecule has 20 rings (SSSR count). The van der Waals surface area contributed by atoms with Crippen molar-refractivity contribution < 1.29 is 94.2 Å². The summed E-state index contributed by atoms with van der Waals surface area (Å²) in [7, 11) is 0. The van der Waals surface area contributed by atoms with Crippen LogP contribution in [0.2, 0.25) is 0 Å². The Morgan fingerprint density at radius 3 is 0.640 bits per heavy atom. The van der Waals surface area contributed by atoms with Crippen molar-refractivity contribution in [3.8, 4) is 0 Å². The largest absolute Gasteiger partial charge is 0.416 e. The molecule has 10 atom stereocenters. The fourth-order valence-electron chi connectivity index (χ4n) is 22.0. The fourth-order valence-corrected chi connectivity index (χ4v) is 30.2. The van der Waals surface area contributed by atoms with E-state index < -0.39 is 94.6 Å². The van der Waals surface area contributed by atoms with Crippen LogP contribution in [0.3, 0.4) is 0 Å². The number of aryl methyl sites for hydroxylation is 5. The van der Waals surface area contributed by atoms with Crippen molar-refractivity contribution in [1.82, 2.24) is 25.0 Å². The van der Waals surface area contributed by atoms with Gasteiger partial charge in [0.25, 0.3) is 0 Å². The first kappa shape index (κ1) is 111. The summed E-state index contributed by atoms with van der Waals surface area (Å²) in [5.74, 6) is -4.84. The van der Waals surface area contributed by atoms with Gasteiger partial charge in [-0.15, -0.1) is 0 Å². The lowest BCUT2D eigenvalue weighted by Gasteiger charge is -2.45. The second-order valence-corrected chi connectivity index (χ2v) is 43.7. The van der Waals surface area contributed by atoms with E-state index in [-0.39, 0.29) is 102 Å². The number of nitrogens with two attached hydrogens (primary N) is 5. The van der Waals surface area contributed by atoms with Crippen LogP contribution < -0.4 is 28.7 Å². The van der Waals surface area contributed by atoms with Crippen LogP contribution in [-0.2, 0) is 105 Å². The number of halogens is 16. The molecule has 10 N–H and O–H groups in total. The zero-order chi connectivity index (χ0) is 108. The molecule has 10 aliphatic rings. The van der Waals surface area contributed by atoms with Crippen molar-refractivity contribution in [3.05, 3.63) is 353 Å². The monoisotopic (exact) mass is 2170 g/mol. The predicted octanol–water partition coefficient (Wildman–Crippen LogP) is 23.2. The van der Waals surface area contributed by atoms with E-state index in [0.717, 1.165) is 221 Å². The van der Waals surface area contributed by atoms with Crippen LogP contribution in [0.5, 0.6) is 0 Å². The minimum atomic E-state index is -4.62. The molecule has 5 heterocycles. The molecular formula is C109H107F16N15O5S5. The molecule has 10 aromatic rings. The fraction of sp³-hybridized carbons (Fsp3) is 0.358. The van der Waals surface area contributed by atoms with Gasteiger partial charge >= 0.3 is 24.7 Å². The molecule has 41 heteroatoms. The Hall–Kier alpha value is -11.7. The van der Waals surface area contributed by atoms with Crippen LogP contribution in [0.4, 0.5) is 70.2 Å². The van der Waals surface area contributed by atoms with Crippen LogP contribution in [0.15, 0.2) is 250 Å². The van der Waals surface area contributed by atoms with E-state index in [2.05, 4.69) is 56.8 Å². The maximum Gasteiger partial charge on any atom is 0.416 e. The van der Waals surface area contributed by atoms with Gasteiger partial charge in [-0.1, -0.05) is 210 Å². The van der Waals surface area contributed by atoms with E-state index in [4.69, 9.17) is 33.8 Å². The molecule has 10 aromatic carbocycles. The number of thioether (sulfide) groups is 5. The number of hydrogen-bond donors (Lipinski definition) is 5. The Bertz CT molecular complexity index is 6290. The van der Waals surface area contributed by atoms with Crippen molar-refractivity contribution in [3.63, 3.8) is 0 Å². The first-order valence-electron chi connectivity index (χ1n) is 48.8. The number of carbonyl (C=O) groups is 5. The molecule has 20 nitrogen and oxygen atoms in total. The smallest absolute Gasteiger partial charge is 0.330 e. The highest BCUT2D eigenvalue weighted by Crippen LogP contribution is 2.64. The normalized spacial score (nSPS) is 23.3. The highest BCUT2D eigenvalue weighted by atomic mass is 32.2. The molecular weight excluding hydrogens is 2060 g/mol. The molecule has 5 spiro atoms. The van der Waals surface area contributed by atoms with E-state index in [9.17, 15) is 94.2 Å². The molecule has 0 aromatic heterocycles. The third-order valence-electron chi connectivity index (χ3n) is 28.6. The summed E-state index contributed by atoms with van der Waals surface area (Å²) in [6, 6.07) is 58.1. The Morgan fingerprint density at radius 1 is 0.273 bits per heavy atom. The maximum atomic E-state index is 14.6. The molecule has 5 aliphatic carbocycles. The summed E-state index contributed by atoms with van der Waals surface area (Å²) >= 11 is 6.27. The Balaban J connectivity index is 0.000000134. The first-order valence-corrected chi connectivity index (χ1v) is 52.9. The molecule has 0 saturated heterocycles. The van der Waals surface area contributed by atoms with Gasteiger partial charge in [0.2, 0.25) is 29.5 Å². The standard InChI is InChI=1S/4C22H21F4N3OS.C21H23N3OS/c4*1-13(30)29-21(15(10-11-27)7-6-14-4-2-3-5-18(14)21)31-20(28-29)17-12-16(22(24,25)26)8-9-19(17)23;1-15(25)24-21(26-20(23-24)17-8-3-2-4-9-17)18(13-14-22)12-11-16-7-5-6-10-19(16)21/h4*2-5,8-9,12,15H,6-7,10-11,27H2,1H3;2-10,18H,11-14,22H2,1H3/t2*15-,21+;2*15-,21-;18-,21-/m10100/s1. The molecule has 0 bridgehead atoms. The van der Waals surface area contributed by atoms with Gasteiger partial charge in [-0.05, 0) is 287 Å². The average Bonchev–Trinajstić information content (AvgIpc) is 1.57. The molecule has 5 amide bonds. The van der Waals surface area contributed by atoms with Gasteiger partial charge in [0.15, 0.2) is 0 Å². The topological polar surface area (TPSA) is 293 Å². The molecule has 150 heavy (non-hydrogen) atoms. The van der Waals surface area contributed by atoms with E-state index in [0.29, 0.717) is 82.7 Å². The van der Waals surface area contributed by atoms with Crippen LogP contribution >= 0.6 is 58.8 Å². The Labute approximate surface area is 877 Å². The maximum absolute atomic E-state index is 14.6. The summed E-state index contributed by atoms with van der Waals surface area (Å²) < 4.78 is 218. The summed E-state index contributed by atoms with van der Waals surface area (Å²) in [6.45, 7) is 9.17. The van der Waals surface area contributed by atoms with E-state index in [1.54, 1.807) is 23.7 Å². The van der Waals surface area contributed by atoms with E-state index >= 15 is 0 Å². The second kappa shape index (κ2) is 44.9. The molecule has 5 aliphatic heterocycles. The van der Waals surface area contributed by atoms with Crippen LogP contribution in [0.25, 0.3) is 0 Å². The molecule has 0 unspecified atom stereocenters. The number of fused-ring (bicyclic) bond motifs is 10. The van der Waals surface area contributed by atoms with Gasteiger partial charge in [0.1, 0.15) is 72.8 Å². The number of hydrazone groups is 5. The zero-order valence-electron chi connectivity index (χ0n) is 81.9. The third kappa shape index (κ3) is 21.3. The van der Waals surface area contributed by atoms with Crippen molar-refractivity contribution in [2.24, 2.45) is 83.8 Å². The number of amides is 5. The molecule has 0 saturated carbocycles. The van der Waals surface area contributed by atoms with Gasteiger partial charge in [-0.3, -0.25) is 24.0 Å². The third-order valence-corrected chi connectivity index (χ3v) is 36.2.